The van der Waals surface area contributed by atoms with E-state index in [9.17, 15) is 4.79 Å². The van der Waals surface area contributed by atoms with Crippen molar-refractivity contribution in [3.05, 3.63) is 0 Å². The first kappa shape index (κ1) is 8.09. The fraction of sp³-hybridized carbons (Fsp3) is 0.900. The number of fused-ring (bicyclic) bond motifs is 1. The molecule has 0 N–H and O–H groups in total. The van der Waals surface area contributed by atoms with Crippen molar-refractivity contribution >= 4 is 5.91 Å². The SMILES string of the molecule is C[C@H]1CCC[C@H]2CCCC(=O)N21. The predicted octanol–water partition coefficient (Wildman–Crippen LogP) is 1.94. The predicted molar refractivity (Wildman–Crippen MR) is 47.8 cm³/mol. The third kappa shape index (κ3) is 1.23. The third-order valence-corrected chi connectivity index (χ3v) is 3.24. The number of carbonyl (C=O) groups excluding carboxylic acids is 1. The monoisotopic (exact) mass is 167 g/mol. The molecule has 0 aromatic carbocycles. The van der Waals surface area contributed by atoms with Crippen LogP contribution in [0.1, 0.15) is 45.4 Å². The fourth-order valence-corrected chi connectivity index (χ4v) is 2.64. The molecule has 2 atom stereocenters. The number of piperidine rings is 2. The van der Waals surface area contributed by atoms with E-state index in [0.717, 1.165) is 12.8 Å². The van der Waals surface area contributed by atoms with E-state index in [2.05, 4.69) is 11.8 Å². The van der Waals surface area contributed by atoms with Crippen molar-refractivity contribution in [2.45, 2.75) is 57.5 Å². The maximum absolute atomic E-state index is 11.6. The number of nitrogens with zero attached hydrogens (tertiary/aromatic N) is 1. The number of amides is 1. The van der Waals surface area contributed by atoms with E-state index in [1.807, 2.05) is 0 Å². The van der Waals surface area contributed by atoms with Crippen LogP contribution >= 0.6 is 0 Å². The van der Waals surface area contributed by atoms with Crippen molar-refractivity contribution in [2.24, 2.45) is 0 Å². The van der Waals surface area contributed by atoms with Crippen LogP contribution in [-0.2, 0) is 4.79 Å². The maximum Gasteiger partial charge on any atom is 0.223 e. The van der Waals surface area contributed by atoms with Gasteiger partial charge in [-0.15, -0.1) is 0 Å². The summed E-state index contributed by atoms with van der Waals surface area (Å²) in [7, 11) is 0. The molecule has 0 bridgehead atoms. The summed E-state index contributed by atoms with van der Waals surface area (Å²) in [5.74, 6) is 0.401. The highest BCUT2D eigenvalue weighted by atomic mass is 16.2. The molecule has 2 fully saturated rings. The van der Waals surface area contributed by atoms with E-state index >= 15 is 0 Å². The average Bonchev–Trinajstić information content (AvgIpc) is 2.04. The van der Waals surface area contributed by atoms with Gasteiger partial charge in [-0.2, -0.15) is 0 Å². The van der Waals surface area contributed by atoms with Gasteiger partial charge in [0.1, 0.15) is 0 Å². The number of hydrogen-bond acceptors (Lipinski definition) is 1. The van der Waals surface area contributed by atoms with E-state index in [4.69, 9.17) is 0 Å². The molecular formula is C10H17NO. The van der Waals surface area contributed by atoms with Crippen LogP contribution in [0.3, 0.4) is 0 Å². The number of hydrogen-bond donors (Lipinski definition) is 0. The Hall–Kier alpha value is -0.530. The van der Waals surface area contributed by atoms with Crippen molar-refractivity contribution in [3.8, 4) is 0 Å². The van der Waals surface area contributed by atoms with E-state index < -0.39 is 0 Å². The van der Waals surface area contributed by atoms with Crippen molar-refractivity contribution in [1.82, 2.24) is 4.90 Å². The summed E-state index contributed by atoms with van der Waals surface area (Å²) < 4.78 is 0. The van der Waals surface area contributed by atoms with E-state index in [-0.39, 0.29) is 0 Å². The molecule has 1 amide bonds. The summed E-state index contributed by atoms with van der Waals surface area (Å²) in [5, 5.41) is 0. The van der Waals surface area contributed by atoms with Gasteiger partial charge in [-0.3, -0.25) is 4.79 Å². The Morgan fingerprint density at radius 3 is 2.75 bits per heavy atom. The van der Waals surface area contributed by atoms with E-state index in [1.165, 1.54) is 25.7 Å². The quantitative estimate of drug-likeness (QED) is 0.540. The third-order valence-electron chi connectivity index (χ3n) is 3.24. The minimum absolute atomic E-state index is 0.401. The number of carbonyl (C=O) groups is 1. The van der Waals surface area contributed by atoms with Gasteiger partial charge in [0.25, 0.3) is 0 Å². The van der Waals surface area contributed by atoms with Crippen molar-refractivity contribution in [1.29, 1.82) is 0 Å². The van der Waals surface area contributed by atoms with Crippen LogP contribution in [0.4, 0.5) is 0 Å². The second-order valence-electron chi connectivity index (χ2n) is 4.13. The van der Waals surface area contributed by atoms with Gasteiger partial charge in [0.15, 0.2) is 0 Å². The first-order chi connectivity index (χ1) is 5.79. The van der Waals surface area contributed by atoms with Crippen LogP contribution in [0.15, 0.2) is 0 Å². The Labute approximate surface area is 73.9 Å². The molecule has 2 rings (SSSR count). The van der Waals surface area contributed by atoms with Gasteiger partial charge >= 0.3 is 0 Å². The Balaban J connectivity index is 2.12. The Kier molecular flexibility index (Phi) is 2.07. The van der Waals surface area contributed by atoms with Gasteiger partial charge in [0.2, 0.25) is 5.91 Å². The minimum Gasteiger partial charge on any atom is -0.337 e. The molecule has 0 spiro atoms. The van der Waals surface area contributed by atoms with Gasteiger partial charge in [-0.25, -0.2) is 0 Å². The van der Waals surface area contributed by atoms with Crippen LogP contribution in [0, 0.1) is 0 Å². The van der Waals surface area contributed by atoms with Crippen molar-refractivity contribution in [3.63, 3.8) is 0 Å². The van der Waals surface area contributed by atoms with E-state index in [0.29, 0.717) is 18.0 Å². The first-order valence-electron chi connectivity index (χ1n) is 5.10. The van der Waals surface area contributed by atoms with Crippen molar-refractivity contribution < 1.29 is 4.79 Å². The second-order valence-corrected chi connectivity index (χ2v) is 4.13. The summed E-state index contributed by atoms with van der Waals surface area (Å²) >= 11 is 0. The Morgan fingerprint density at radius 1 is 1.25 bits per heavy atom. The highest BCUT2D eigenvalue weighted by Crippen LogP contribution is 2.30. The molecular weight excluding hydrogens is 150 g/mol. The molecule has 68 valence electrons. The summed E-state index contributed by atoms with van der Waals surface area (Å²) in [6, 6.07) is 1.10. The molecule has 2 nitrogen and oxygen atoms in total. The molecule has 12 heavy (non-hydrogen) atoms. The highest BCUT2D eigenvalue weighted by molar-refractivity contribution is 5.77. The van der Waals surface area contributed by atoms with Gasteiger partial charge in [-0.05, 0) is 39.0 Å². The summed E-state index contributed by atoms with van der Waals surface area (Å²) in [5.41, 5.74) is 0. The molecule has 2 aliphatic heterocycles. The fourth-order valence-electron chi connectivity index (χ4n) is 2.64. The molecule has 0 saturated carbocycles. The lowest BCUT2D eigenvalue weighted by atomic mass is 9.89. The molecule has 0 aliphatic carbocycles. The normalized spacial score (nSPS) is 36.4. The zero-order valence-corrected chi connectivity index (χ0v) is 7.75. The van der Waals surface area contributed by atoms with Crippen molar-refractivity contribution in [2.75, 3.05) is 0 Å². The molecule has 0 aromatic rings. The lowest BCUT2D eigenvalue weighted by molar-refractivity contribution is -0.141. The van der Waals surface area contributed by atoms with Crippen LogP contribution in [0.25, 0.3) is 0 Å². The smallest absolute Gasteiger partial charge is 0.223 e. The molecule has 2 heteroatoms. The standard InChI is InChI=1S/C10H17NO/c1-8-4-2-5-9-6-3-7-10(12)11(8)9/h8-9H,2-7H2,1H3/t8-,9-/m0/s1. The molecule has 0 radical (unpaired) electrons. The van der Waals surface area contributed by atoms with Crippen LogP contribution in [0.2, 0.25) is 0 Å². The second kappa shape index (κ2) is 3.08. The van der Waals surface area contributed by atoms with Gasteiger partial charge in [-0.1, -0.05) is 0 Å². The lowest BCUT2D eigenvalue weighted by Crippen LogP contribution is -2.51. The molecule has 0 unspecified atom stereocenters. The largest absolute Gasteiger partial charge is 0.337 e. The lowest BCUT2D eigenvalue weighted by Gasteiger charge is -2.43. The van der Waals surface area contributed by atoms with Crippen LogP contribution in [-0.4, -0.2) is 22.9 Å². The van der Waals surface area contributed by atoms with Crippen LogP contribution in [0.5, 0.6) is 0 Å². The topological polar surface area (TPSA) is 20.3 Å². The highest BCUT2D eigenvalue weighted by Gasteiger charge is 2.33. The first-order valence-corrected chi connectivity index (χ1v) is 5.10. The maximum atomic E-state index is 11.6. The summed E-state index contributed by atoms with van der Waals surface area (Å²) in [6.45, 7) is 2.19. The molecule has 2 aliphatic rings. The minimum atomic E-state index is 0.401. The average molecular weight is 167 g/mol. The van der Waals surface area contributed by atoms with E-state index in [1.54, 1.807) is 0 Å². The molecule has 2 heterocycles. The summed E-state index contributed by atoms with van der Waals surface area (Å²) in [6.07, 6.45) is 6.93. The van der Waals surface area contributed by atoms with Gasteiger partial charge < -0.3 is 4.90 Å². The zero-order valence-electron chi connectivity index (χ0n) is 7.75. The van der Waals surface area contributed by atoms with Crippen LogP contribution < -0.4 is 0 Å². The molecule has 0 aromatic heterocycles. The van der Waals surface area contributed by atoms with Gasteiger partial charge in [0, 0.05) is 18.5 Å². The Bertz CT molecular complexity index is 188. The Morgan fingerprint density at radius 2 is 2.00 bits per heavy atom. The number of rotatable bonds is 0. The summed E-state index contributed by atoms with van der Waals surface area (Å²) in [4.78, 5) is 13.7. The van der Waals surface area contributed by atoms with Gasteiger partial charge in [0.05, 0.1) is 0 Å². The molecule has 2 saturated heterocycles. The zero-order chi connectivity index (χ0) is 8.55.